The molecule has 1 aliphatic heterocycles. The smallest absolute Gasteiger partial charge is 0.253 e. The molecule has 1 aliphatic carbocycles. The molecule has 7 heteroatoms. The van der Waals surface area contributed by atoms with Crippen molar-refractivity contribution < 1.29 is 9.59 Å². The summed E-state index contributed by atoms with van der Waals surface area (Å²) in [6.45, 7) is 4.19. The molecule has 1 saturated carbocycles. The van der Waals surface area contributed by atoms with Crippen molar-refractivity contribution in [1.82, 2.24) is 9.80 Å². The number of hydrogen-bond donors (Lipinski definition) is 1. The van der Waals surface area contributed by atoms with E-state index >= 15 is 0 Å². The van der Waals surface area contributed by atoms with Crippen LogP contribution in [0.1, 0.15) is 28.1 Å². The Labute approximate surface area is 171 Å². The zero-order valence-electron chi connectivity index (χ0n) is 15.0. The molecule has 0 bridgehead atoms. The van der Waals surface area contributed by atoms with E-state index in [0.717, 1.165) is 55.0 Å². The Morgan fingerprint density at radius 2 is 1.74 bits per heavy atom. The zero-order chi connectivity index (χ0) is 18.8. The minimum absolute atomic E-state index is 0.0635. The van der Waals surface area contributed by atoms with Gasteiger partial charge in [0.25, 0.3) is 5.91 Å². The Morgan fingerprint density at radius 3 is 2.33 bits per heavy atom. The summed E-state index contributed by atoms with van der Waals surface area (Å²) in [4.78, 5) is 30.2. The summed E-state index contributed by atoms with van der Waals surface area (Å²) in [5.74, 6) is 0.328. The Balaban J connectivity index is 1.29. The number of nitrogens with one attached hydrogen (secondary N) is 1. The third kappa shape index (κ3) is 4.78. The number of carbonyl (C=O) groups is 2. The van der Waals surface area contributed by atoms with Crippen molar-refractivity contribution in [3.63, 3.8) is 0 Å². The Bertz CT molecular complexity index is 824. The first-order valence-corrected chi connectivity index (χ1v) is 10.9. The number of anilines is 1. The van der Waals surface area contributed by atoms with E-state index in [2.05, 4.69) is 38.3 Å². The standard InChI is InChI=1S/C20H22BrN3O2S/c21-18-8-7-17(27-18)13-23-9-11-24(12-10-23)20(26)15-3-5-16(6-4-15)22-19(25)14-1-2-14/h3-8,14H,1-2,9-13H2,(H,22,25). The van der Waals surface area contributed by atoms with Crippen molar-refractivity contribution in [3.05, 3.63) is 50.6 Å². The number of halogens is 1. The molecule has 0 radical (unpaired) electrons. The number of carbonyl (C=O) groups excluding carboxylic acids is 2. The first-order chi connectivity index (χ1) is 13.1. The molecule has 5 nitrogen and oxygen atoms in total. The first-order valence-electron chi connectivity index (χ1n) is 9.25. The van der Waals surface area contributed by atoms with Crippen LogP contribution in [-0.2, 0) is 11.3 Å². The lowest BCUT2D eigenvalue weighted by molar-refractivity contribution is -0.117. The van der Waals surface area contributed by atoms with Crippen molar-refractivity contribution in [2.24, 2.45) is 5.92 Å². The predicted molar refractivity (Wildman–Crippen MR) is 111 cm³/mol. The average Bonchev–Trinajstić information content (AvgIpc) is 3.46. The molecular weight excluding hydrogens is 426 g/mol. The van der Waals surface area contributed by atoms with Gasteiger partial charge in [0.15, 0.2) is 0 Å². The maximum atomic E-state index is 12.7. The first kappa shape index (κ1) is 18.7. The second-order valence-electron chi connectivity index (χ2n) is 7.12. The molecule has 2 heterocycles. The topological polar surface area (TPSA) is 52.7 Å². The van der Waals surface area contributed by atoms with E-state index in [4.69, 9.17) is 0 Å². The molecule has 1 aromatic carbocycles. The third-order valence-corrected chi connectivity index (χ3v) is 6.62. The second kappa shape index (κ2) is 8.12. The van der Waals surface area contributed by atoms with E-state index in [1.54, 1.807) is 23.5 Å². The summed E-state index contributed by atoms with van der Waals surface area (Å²) in [7, 11) is 0. The quantitative estimate of drug-likeness (QED) is 0.757. The summed E-state index contributed by atoms with van der Waals surface area (Å²) in [6, 6.07) is 11.5. The number of thiophene rings is 1. The highest BCUT2D eigenvalue weighted by Crippen LogP contribution is 2.30. The van der Waals surface area contributed by atoms with Gasteiger partial charge in [-0.2, -0.15) is 0 Å². The van der Waals surface area contributed by atoms with E-state index < -0.39 is 0 Å². The van der Waals surface area contributed by atoms with E-state index in [1.165, 1.54) is 4.88 Å². The summed E-state index contributed by atoms with van der Waals surface area (Å²) in [5.41, 5.74) is 1.44. The molecule has 142 valence electrons. The molecule has 4 rings (SSSR count). The minimum Gasteiger partial charge on any atom is -0.336 e. The molecule has 1 saturated heterocycles. The van der Waals surface area contributed by atoms with Gasteiger partial charge in [-0.1, -0.05) is 0 Å². The highest BCUT2D eigenvalue weighted by atomic mass is 79.9. The lowest BCUT2D eigenvalue weighted by Gasteiger charge is -2.34. The average molecular weight is 448 g/mol. The molecule has 2 aromatic rings. The number of amides is 2. The largest absolute Gasteiger partial charge is 0.336 e. The normalized spacial score (nSPS) is 17.7. The van der Waals surface area contributed by atoms with Gasteiger partial charge in [0.05, 0.1) is 3.79 Å². The fourth-order valence-electron chi connectivity index (χ4n) is 3.23. The summed E-state index contributed by atoms with van der Waals surface area (Å²) in [5, 5.41) is 2.91. The summed E-state index contributed by atoms with van der Waals surface area (Å²) in [6.07, 6.45) is 1.97. The highest BCUT2D eigenvalue weighted by molar-refractivity contribution is 9.11. The highest BCUT2D eigenvalue weighted by Gasteiger charge is 2.29. The molecule has 2 amide bonds. The maximum Gasteiger partial charge on any atom is 0.253 e. The fourth-order valence-corrected chi connectivity index (χ4v) is 4.76. The van der Waals surface area contributed by atoms with Crippen LogP contribution in [0.15, 0.2) is 40.2 Å². The van der Waals surface area contributed by atoms with Gasteiger partial charge >= 0.3 is 0 Å². The fraction of sp³-hybridized carbons (Fsp3) is 0.400. The van der Waals surface area contributed by atoms with Gasteiger partial charge in [0, 0.05) is 54.8 Å². The van der Waals surface area contributed by atoms with E-state index in [-0.39, 0.29) is 17.7 Å². The van der Waals surface area contributed by atoms with Gasteiger partial charge in [0.1, 0.15) is 0 Å². The predicted octanol–water partition coefficient (Wildman–Crippen LogP) is 3.82. The number of piperazine rings is 1. The Morgan fingerprint density at radius 1 is 1.04 bits per heavy atom. The van der Waals surface area contributed by atoms with Crippen LogP contribution in [0, 0.1) is 5.92 Å². The molecule has 2 fully saturated rings. The lowest BCUT2D eigenvalue weighted by atomic mass is 10.1. The number of benzene rings is 1. The monoisotopic (exact) mass is 447 g/mol. The minimum atomic E-state index is 0.0635. The van der Waals surface area contributed by atoms with Gasteiger partial charge in [-0.15, -0.1) is 11.3 Å². The van der Waals surface area contributed by atoms with Gasteiger partial charge in [-0.3, -0.25) is 14.5 Å². The van der Waals surface area contributed by atoms with Crippen molar-refractivity contribution in [2.75, 3.05) is 31.5 Å². The van der Waals surface area contributed by atoms with Crippen molar-refractivity contribution >= 4 is 44.8 Å². The number of rotatable bonds is 5. The van der Waals surface area contributed by atoms with E-state index in [0.29, 0.717) is 5.56 Å². The lowest BCUT2D eigenvalue weighted by Crippen LogP contribution is -2.48. The van der Waals surface area contributed by atoms with Crippen molar-refractivity contribution in [1.29, 1.82) is 0 Å². The van der Waals surface area contributed by atoms with Gasteiger partial charge in [-0.05, 0) is 65.2 Å². The molecule has 0 unspecified atom stereocenters. The molecule has 2 aliphatic rings. The molecule has 1 aromatic heterocycles. The third-order valence-electron chi connectivity index (χ3n) is 5.02. The Kier molecular flexibility index (Phi) is 5.61. The second-order valence-corrected chi connectivity index (χ2v) is 9.66. The molecule has 0 spiro atoms. The number of hydrogen-bond acceptors (Lipinski definition) is 4. The molecule has 1 N–H and O–H groups in total. The van der Waals surface area contributed by atoms with Crippen LogP contribution in [0.4, 0.5) is 5.69 Å². The SMILES string of the molecule is O=C(Nc1ccc(C(=O)N2CCN(Cc3ccc(Br)s3)CC2)cc1)C1CC1. The number of nitrogens with zero attached hydrogens (tertiary/aromatic N) is 2. The molecule has 27 heavy (non-hydrogen) atoms. The van der Waals surface area contributed by atoms with Crippen molar-refractivity contribution in [3.8, 4) is 0 Å². The van der Waals surface area contributed by atoms with Gasteiger partial charge in [-0.25, -0.2) is 0 Å². The maximum absolute atomic E-state index is 12.7. The van der Waals surface area contributed by atoms with Crippen LogP contribution in [0.5, 0.6) is 0 Å². The van der Waals surface area contributed by atoms with Gasteiger partial charge in [0.2, 0.25) is 5.91 Å². The summed E-state index contributed by atoms with van der Waals surface area (Å²) >= 11 is 5.26. The zero-order valence-corrected chi connectivity index (χ0v) is 17.4. The summed E-state index contributed by atoms with van der Waals surface area (Å²) < 4.78 is 1.16. The Hall–Kier alpha value is -1.70. The van der Waals surface area contributed by atoms with E-state index in [1.807, 2.05) is 17.0 Å². The van der Waals surface area contributed by atoms with E-state index in [9.17, 15) is 9.59 Å². The van der Waals surface area contributed by atoms with Crippen LogP contribution in [0.3, 0.4) is 0 Å². The van der Waals surface area contributed by atoms with Crippen LogP contribution in [0.25, 0.3) is 0 Å². The van der Waals surface area contributed by atoms with Crippen LogP contribution < -0.4 is 5.32 Å². The van der Waals surface area contributed by atoms with Crippen LogP contribution >= 0.6 is 27.3 Å². The molecular formula is C20H22BrN3O2S. The van der Waals surface area contributed by atoms with Crippen LogP contribution in [-0.4, -0.2) is 47.8 Å². The van der Waals surface area contributed by atoms with Gasteiger partial charge < -0.3 is 10.2 Å². The molecule has 0 atom stereocenters. The van der Waals surface area contributed by atoms with Crippen molar-refractivity contribution in [2.45, 2.75) is 19.4 Å². The van der Waals surface area contributed by atoms with Crippen LogP contribution in [0.2, 0.25) is 0 Å².